The summed E-state index contributed by atoms with van der Waals surface area (Å²) in [7, 11) is 18.1. The predicted octanol–water partition coefficient (Wildman–Crippen LogP) is -2.73. The van der Waals surface area contributed by atoms with Crippen molar-refractivity contribution in [2.24, 2.45) is 5.92 Å². The number of likely N-dealkylation sites (N-methyl/N-ethyl adjacent to an activating group) is 4. The van der Waals surface area contributed by atoms with Gasteiger partial charge in [-0.2, -0.15) is 0 Å². The van der Waals surface area contributed by atoms with Gasteiger partial charge in [0.2, 0.25) is 17.6 Å². The minimum Gasteiger partial charge on any atom is -0.469 e. The van der Waals surface area contributed by atoms with E-state index in [1.165, 1.54) is 7.11 Å². The Balaban J connectivity index is 1.18. The number of methoxy groups -OCH3 is 6. The van der Waals surface area contributed by atoms with Crippen LogP contribution in [0.1, 0.15) is 65.2 Å². The lowest BCUT2D eigenvalue weighted by molar-refractivity contribution is -0.510. The number of nitrogens with zero attached hydrogens (tertiary/aromatic N) is 12. The van der Waals surface area contributed by atoms with Gasteiger partial charge in [0, 0.05) is 173 Å². The zero-order chi connectivity index (χ0) is 69.9. The molecule has 0 aromatic heterocycles. The summed E-state index contributed by atoms with van der Waals surface area (Å²) in [5, 5.41) is 15.9. The molecule has 0 aromatic rings. The Hall–Kier alpha value is -2.59. The molecular weight excluding hydrogens is 1280 g/mol. The maximum absolute atomic E-state index is 17.4. The molecule has 0 saturated carbocycles. The van der Waals surface area contributed by atoms with E-state index in [0.29, 0.717) is 170 Å². The van der Waals surface area contributed by atoms with E-state index in [1.807, 2.05) is 40.3 Å². The highest BCUT2D eigenvalue weighted by atomic mass is 16.6. The number of carbonyl (C=O) groups excluding carboxylic acids is 3. The number of morpholine rings is 6. The van der Waals surface area contributed by atoms with Crippen LogP contribution < -0.4 is 21.3 Å². The lowest BCUT2D eigenvalue weighted by Gasteiger charge is -2.80. The molecule has 14 atom stereocenters. The summed E-state index contributed by atoms with van der Waals surface area (Å²) < 4.78 is 81.4. The van der Waals surface area contributed by atoms with E-state index < -0.39 is 58.8 Å². The average Bonchev–Trinajstić information content (AvgIpc) is 0.944. The van der Waals surface area contributed by atoms with Gasteiger partial charge in [-0.05, 0) is 78.8 Å². The summed E-state index contributed by atoms with van der Waals surface area (Å²) in [5.41, 5.74) is -4.00. The van der Waals surface area contributed by atoms with E-state index in [9.17, 15) is 9.53 Å². The molecule has 12 rings (SSSR count). The molecule has 0 spiro atoms. The fourth-order valence-electron chi connectivity index (χ4n) is 20.0. The summed E-state index contributed by atoms with van der Waals surface area (Å²) in [6.45, 7) is 16.9. The SMILES string of the molecule is CNC(=O)C1(N2CCC(NC)C2N2CCOC(C)C2N2CCOCC2(C)N2CCN(C)C(=O)C2)COCCN1C1(N2CC(NC)C2)NC(CC(=O)OC)(N2CCOC(COC)C2)C(N2CCCC(COC)C2)(N2CCOCC2COC)OC1(N1CCC(OC)CC1)N1CCCC(OC)C1. The molecule has 31 nitrogen and oxygen atoms in total. The average molecular weight is 1410 g/mol. The Bertz CT molecular complexity index is 2660. The number of carbonyl (C=O) groups is 3. The number of nitrogens with one attached hydrogen (secondary N) is 4. The summed E-state index contributed by atoms with van der Waals surface area (Å²) in [4.78, 5) is 76.7. The van der Waals surface area contributed by atoms with E-state index in [4.69, 9.17) is 57.4 Å². The number of rotatable bonds is 24. The van der Waals surface area contributed by atoms with Gasteiger partial charge in [-0.3, -0.25) is 63.8 Å². The highest BCUT2D eigenvalue weighted by molar-refractivity contribution is 5.86. The summed E-state index contributed by atoms with van der Waals surface area (Å²) in [5.74, 6) is -5.44. The van der Waals surface area contributed by atoms with Gasteiger partial charge < -0.3 is 77.7 Å². The normalized spacial score (nSPS) is 40.2. The Morgan fingerprint density at radius 1 is 0.606 bits per heavy atom. The second-order valence-electron chi connectivity index (χ2n) is 30.0. The topological polar surface area (TPSA) is 249 Å². The number of likely N-dealkylation sites (tertiary alicyclic amines) is 5. The number of esters is 1. The molecule has 12 aliphatic rings. The molecule has 0 aliphatic carbocycles. The molecule has 566 valence electrons. The van der Waals surface area contributed by atoms with Crippen molar-refractivity contribution in [2.45, 2.75) is 155 Å². The van der Waals surface area contributed by atoms with E-state index >= 15 is 9.59 Å². The van der Waals surface area contributed by atoms with Crippen LogP contribution in [0.25, 0.3) is 0 Å². The molecule has 12 heterocycles. The lowest BCUT2D eigenvalue weighted by atomic mass is 9.80. The standard InChI is InChI=1S/C68H124N16O15/c1-50-60(82-30-33-95-48-63(82,2)75-26-25-73(6)58(85)43-75)80(28-36-97-50)61-57(70-4)19-24-83(61)64(62(87)71-5)49-96-34-31-84(64)66(79-39-52(40-79)69-3)68(74-22-17-54(91-10)18-23-74,78-21-14-16-55(41-78)92-11)99-67(77-20-13-15-51(38-77)44-88-7,81-29-32-94-46-53(81)45-89-8)65(72-66,37-59(86)93-12)76-27-35-98-56(42-76)47-90-9/h50-57,60-61,69-70,72H,13-49H2,1-12H3,(H,71,87). The molecule has 2 amide bonds. The fraction of sp³-hybridized carbons (Fsp3) is 0.956. The number of hydrogen-bond donors (Lipinski definition) is 4. The monoisotopic (exact) mass is 1400 g/mol. The molecule has 0 radical (unpaired) electrons. The van der Waals surface area contributed by atoms with Crippen molar-refractivity contribution in [1.82, 2.24) is 80.1 Å². The third-order valence-electron chi connectivity index (χ3n) is 24.9. The highest BCUT2D eigenvalue weighted by Gasteiger charge is 2.84. The zero-order valence-electron chi connectivity index (χ0n) is 61.9. The number of hydrogen-bond acceptors (Lipinski definition) is 29. The van der Waals surface area contributed by atoms with Crippen LogP contribution in [-0.2, 0) is 71.2 Å². The van der Waals surface area contributed by atoms with Crippen LogP contribution in [0.3, 0.4) is 0 Å². The lowest BCUT2D eigenvalue weighted by Crippen LogP contribution is -3.04. The minimum absolute atomic E-state index is 0.00439. The van der Waals surface area contributed by atoms with Crippen LogP contribution >= 0.6 is 0 Å². The molecule has 0 bridgehead atoms. The second-order valence-corrected chi connectivity index (χ2v) is 30.0. The summed E-state index contributed by atoms with van der Waals surface area (Å²) in [6, 6.07) is -0.574. The van der Waals surface area contributed by atoms with Gasteiger partial charge >= 0.3 is 5.97 Å². The molecule has 0 aromatic carbocycles. The maximum Gasteiger partial charge on any atom is 0.309 e. The van der Waals surface area contributed by atoms with Crippen molar-refractivity contribution in [2.75, 3.05) is 261 Å². The molecule has 4 N–H and O–H groups in total. The van der Waals surface area contributed by atoms with Crippen molar-refractivity contribution in [1.29, 1.82) is 0 Å². The largest absolute Gasteiger partial charge is 0.469 e. The number of ether oxygens (including phenoxy) is 12. The van der Waals surface area contributed by atoms with Crippen LogP contribution in [0.15, 0.2) is 0 Å². The molecule has 12 saturated heterocycles. The minimum atomic E-state index is -1.67. The molecule has 99 heavy (non-hydrogen) atoms. The molecule has 14 unspecified atom stereocenters. The number of piperidine rings is 3. The van der Waals surface area contributed by atoms with Crippen molar-refractivity contribution >= 4 is 17.8 Å². The van der Waals surface area contributed by atoms with Gasteiger partial charge in [0.05, 0.1) is 141 Å². The summed E-state index contributed by atoms with van der Waals surface area (Å²) in [6.07, 6.45) is 3.35. The number of piperazine rings is 1. The van der Waals surface area contributed by atoms with Crippen LogP contribution in [0, 0.1) is 5.92 Å². The maximum atomic E-state index is 17.4. The van der Waals surface area contributed by atoms with Crippen molar-refractivity contribution < 1.29 is 71.2 Å². The Labute approximate surface area is 588 Å². The first kappa shape index (κ1) is 76.1. The molecule has 31 heteroatoms. The van der Waals surface area contributed by atoms with Gasteiger partial charge in [-0.15, -0.1) is 0 Å². The molecule has 12 fully saturated rings. The Morgan fingerprint density at radius 3 is 2.02 bits per heavy atom. The molecular formula is C68H124N16O15. The van der Waals surface area contributed by atoms with Crippen LogP contribution in [0.5, 0.6) is 0 Å². The quantitative estimate of drug-likeness (QED) is 0.0717. The Morgan fingerprint density at radius 2 is 1.31 bits per heavy atom. The van der Waals surface area contributed by atoms with E-state index in [2.05, 4.69) is 83.7 Å². The van der Waals surface area contributed by atoms with Crippen molar-refractivity contribution in [3.05, 3.63) is 0 Å². The van der Waals surface area contributed by atoms with Crippen LogP contribution in [0.2, 0.25) is 0 Å². The third kappa shape index (κ3) is 13.5. The van der Waals surface area contributed by atoms with E-state index in [0.717, 1.165) is 25.7 Å². The number of amides is 2. The smallest absolute Gasteiger partial charge is 0.309 e. The van der Waals surface area contributed by atoms with Gasteiger partial charge in [-0.1, -0.05) is 0 Å². The summed E-state index contributed by atoms with van der Waals surface area (Å²) >= 11 is 0. The fourth-order valence-corrected chi connectivity index (χ4v) is 20.0. The van der Waals surface area contributed by atoms with Gasteiger partial charge in [0.25, 0.3) is 5.91 Å². The van der Waals surface area contributed by atoms with E-state index in [1.54, 1.807) is 28.4 Å². The van der Waals surface area contributed by atoms with Crippen LogP contribution in [-0.4, -0.2) is 427 Å². The Kier molecular flexibility index (Phi) is 25.1. The first-order chi connectivity index (χ1) is 48.0. The second kappa shape index (κ2) is 32.6. The van der Waals surface area contributed by atoms with Crippen LogP contribution in [0.4, 0.5) is 0 Å². The van der Waals surface area contributed by atoms with Crippen molar-refractivity contribution in [3.63, 3.8) is 0 Å². The van der Waals surface area contributed by atoms with Crippen molar-refractivity contribution in [3.8, 4) is 0 Å². The zero-order valence-corrected chi connectivity index (χ0v) is 61.9. The predicted molar refractivity (Wildman–Crippen MR) is 365 cm³/mol. The van der Waals surface area contributed by atoms with Gasteiger partial charge in [0.15, 0.2) is 11.4 Å². The third-order valence-corrected chi connectivity index (χ3v) is 24.9. The van der Waals surface area contributed by atoms with Gasteiger partial charge in [0.1, 0.15) is 5.66 Å². The molecule has 12 aliphatic heterocycles. The highest BCUT2D eigenvalue weighted by Crippen LogP contribution is 2.60. The van der Waals surface area contributed by atoms with E-state index in [-0.39, 0.29) is 100 Å². The first-order valence-electron chi connectivity index (χ1n) is 37.2. The first-order valence-corrected chi connectivity index (χ1v) is 37.2. The van der Waals surface area contributed by atoms with Gasteiger partial charge in [-0.25, -0.2) is 9.80 Å².